The molecule has 0 atom stereocenters. The Bertz CT molecular complexity index is 778. The predicted molar refractivity (Wildman–Crippen MR) is 96.6 cm³/mol. The van der Waals surface area contributed by atoms with Crippen LogP contribution in [0.25, 0.3) is 0 Å². The largest absolute Gasteiger partial charge is 0.454 e. The first-order valence-corrected chi connectivity index (χ1v) is 8.57. The minimum Gasteiger partial charge on any atom is -0.454 e. The molecule has 2 aliphatic heterocycles. The highest BCUT2D eigenvalue weighted by Crippen LogP contribution is 2.34. The summed E-state index contributed by atoms with van der Waals surface area (Å²) in [5.41, 5.74) is 3.36. The summed E-state index contributed by atoms with van der Waals surface area (Å²) in [6.45, 7) is 2.64. The zero-order chi connectivity index (χ0) is 17.1. The first-order chi connectivity index (χ1) is 12.3. The van der Waals surface area contributed by atoms with Gasteiger partial charge < -0.3 is 25.0 Å². The maximum Gasteiger partial charge on any atom is 0.319 e. The second-order valence-corrected chi connectivity index (χ2v) is 6.17. The second-order valence-electron chi connectivity index (χ2n) is 6.17. The van der Waals surface area contributed by atoms with Gasteiger partial charge in [0.05, 0.1) is 0 Å². The summed E-state index contributed by atoms with van der Waals surface area (Å²) in [6, 6.07) is 13.6. The number of amides is 2. The van der Waals surface area contributed by atoms with Crippen molar-refractivity contribution in [1.82, 2.24) is 5.32 Å². The van der Waals surface area contributed by atoms with E-state index in [9.17, 15) is 4.79 Å². The average Bonchev–Trinajstić information content (AvgIpc) is 3.10. The number of benzene rings is 2. The van der Waals surface area contributed by atoms with Gasteiger partial charge in [0.25, 0.3) is 0 Å². The maximum atomic E-state index is 12.1. The molecule has 0 aliphatic carbocycles. The van der Waals surface area contributed by atoms with E-state index in [-0.39, 0.29) is 12.8 Å². The third-order valence-electron chi connectivity index (χ3n) is 4.50. The number of hydrogen-bond donors (Lipinski definition) is 2. The van der Waals surface area contributed by atoms with E-state index in [2.05, 4.69) is 39.8 Å². The molecule has 2 aliphatic rings. The van der Waals surface area contributed by atoms with E-state index in [1.54, 1.807) is 18.2 Å². The van der Waals surface area contributed by atoms with Crippen LogP contribution in [0.5, 0.6) is 11.5 Å². The Morgan fingerprint density at radius 3 is 2.96 bits per heavy atom. The zero-order valence-corrected chi connectivity index (χ0v) is 14.0. The number of carbonyl (C=O) groups is 1. The molecule has 0 spiro atoms. The fraction of sp³-hybridized carbons (Fsp3) is 0.316. The van der Waals surface area contributed by atoms with Gasteiger partial charge in [0.15, 0.2) is 11.5 Å². The molecule has 2 aromatic rings. The van der Waals surface area contributed by atoms with Gasteiger partial charge in [-0.1, -0.05) is 18.2 Å². The van der Waals surface area contributed by atoms with E-state index >= 15 is 0 Å². The number of para-hydroxylation sites is 1. The summed E-state index contributed by atoms with van der Waals surface area (Å²) in [5.74, 6) is 1.36. The van der Waals surface area contributed by atoms with Crippen LogP contribution in [0.15, 0.2) is 42.5 Å². The van der Waals surface area contributed by atoms with Gasteiger partial charge >= 0.3 is 6.03 Å². The van der Waals surface area contributed by atoms with Crippen LogP contribution in [0.2, 0.25) is 0 Å². The van der Waals surface area contributed by atoms with Crippen molar-refractivity contribution in [2.24, 2.45) is 0 Å². The standard InChI is InChI=1S/C19H21N3O3/c23-19(21-15-7-8-17-18(12-15)25-13-24-17)20-9-11-22-10-3-5-14-4-1-2-6-16(14)22/h1-2,4,6-8,12H,3,5,9-11,13H2,(H2,20,21,23). The van der Waals surface area contributed by atoms with Gasteiger partial charge in [0.1, 0.15) is 0 Å². The number of fused-ring (bicyclic) bond motifs is 2. The molecule has 6 heteroatoms. The number of aryl methyl sites for hydroxylation is 1. The van der Waals surface area contributed by atoms with Crippen LogP contribution in [0.3, 0.4) is 0 Å². The van der Waals surface area contributed by atoms with Gasteiger partial charge in [-0.2, -0.15) is 0 Å². The summed E-state index contributed by atoms with van der Waals surface area (Å²) in [6.07, 6.45) is 2.28. The Morgan fingerprint density at radius 1 is 1.12 bits per heavy atom. The van der Waals surface area contributed by atoms with Crippen LogP contribution in [0.4, 0.5) is 16.2 Å². The fourth-order valence-electron chi connectivity index (χ4n) is 3.30. The summed E-state index contributed by atoms with van der Waals surface area (Å²) in [4.78, 5) is 14.4. The number of nitrogens with zero attached hydrogens (tertiary/aromatic N) is 1. The van der Waals surface area contributed by atoms with Gasteiger partial charge in [0, 0.05) is 37.1 Å². The molecule has 6 nitrogen and oxygen atoms in total. The predicted octanol–water partition coefficient (Wildman–Crippen LogP) is 2.99. The minimum atomic E-state index is -0.218. The first kappa shape index (κ1) is 15.6. The van der Waals surface area contributed by atoms with Crippen molar-refractivity contribution in [3.8, 4) is 11.5 Å². The van der Waals surface area contributed by atoms with Crippen LogP contribution in [-0.4, -0.2) is 32.5 Å². The minimum absolute atomic E-state index is 0.218. The van der Waals surface area contributed by atoms with Crippen LogP contribution in [0, 0.1) is 0 Å². The molecular formula is C19H21N3O3. The molecule has 0 unspecified atom stereocenters. The Labute approximate surface area is 146 Å². The number of nitrogens with one attached hydrogen (secondary N) is 2. The maximum absolute atomic E-state index is 12.1. The number of carbonyl (C=O) groups excluding carboxylic acids is 1. The fourth-order valence-corrected chi connectivity index (χ4v) is 3.30. The lowest BCUT2D eigenvalue weighted by Gasteiger charge is -2.31. The van der Waals surface area contributed by atoms with E-state index in [4.69, 9.17) is 9.47 Å². The Balaban J connectivity index is 1.28. The van der Waals surface area contributed by atoms with Crippen LogP contribution < -0.4 is 25.0 Å². The summed E-state index contributed by atoms with van der Waals surface area (Å²) >= 11 is 0. The third kappa shape index (κ3) is 3.47. The normalized spacial score (nSPS) is 14.8. The van der Waals surface area contributed by atoms with Gasteiger partial charge in [-0.05, 0) is 36.6 Å². The van der Waals surface area contributed by atoms with Crippen LogP contribution in [0.1, 0.15) is 12.0 Å². The molecule has 130 valence electrons. The van der Waals surface area contributed by atoms with Crippen molar-refractivity contribution in [2.45, 2.75) is 12.8 Å². The van der Waals surface area contributed by atoms with E-state index in [1.165, 1.54) is 11.3 Å². The lowest BCUT2D eigenvalue weighted by molar-refractivity contribution is 0.174. The molecule has 2 heterocycles. The monoisotopic (exact) mass is 339 g/mol. The Kier molecular flexibility index (Phi) is 4.33. The lowest BCUT2D eigenvalue weighted by Crippen LogP contribution is -2.39. The highest BCUT2D eigenvalue weighted by molar-refractivity contribution is 5.89. The van der Waals surface area contributed by atoms with Crippen molar-refractivity contribution in [3.05, 3.63) is 48.0 Å². The number of urea groups is 1. The van der Waals surface area contributed by atoms with Crippen LogP contribution in [-0.2, 0) is 6.42 Å². The molecule has 0 radical (unpaired) electrons. The molecule has 0 bridgehead atoms. The molecule has 0 saturated carbocycles. The highest BCUT2D eigenvalue weighted by Gasteiger charge is 2.16. The van der Waals surface area contributed by atoms with Crippen molar-refractivity contribution in [2.75, 3.05) is 36.6 Å². The molecule has 0 saturated heterocycles. The second kappa shape index (κ2) is 6.93. The molecule has 25 heavy (non-hydrogen) atoms. The molecular weight excluding hydrogens is 318 g/mol. The Hall–Kier alpha value is -2.89. The Morgan fingerprint density at radius 2 is 2.00 bits per heavy atom. The molecule has 2 amide bonds. The molecule has 2 aromatic carbocycles. The zero-order valence-electron chi connectivity index (χ0n) is 14.0. The number of anilines is 2. The van der Waals surface area contributed by atoms with E-state index < -0.39 is 0 Å². The molecule has 2 N–H and O–H groups in total. The van der Waals surface area contributed by atoms with Gasteiger partial charge in [-0.3, -0.25) is 0 Å². The quantitative estimate of drug-likeness (QED) is 0.899. The van der Waals surface area contributed by atoms with Gasteiger partial charge in [-0.15, -0.1) is 0 Å². The van der Waals surface area contributed by atoms with Crippen LogP contribution >= 0.6 is 0 Å². The molecule has 0 aromatic heterocycles. The third-order valence-corrected chi connectivity index (χ3v) is 4.50. The van der Waals surface area contributed by atoms with Crippen molar-refractivity contribution in [1.29, 1.82) is 0 Å². The number of rotatable bonds is 4. The molecule has 4 rings (SSSR count). The van der Waals surface area contributed by atoms with Crippen molar-refractivity contribution >= 4 is 17.4 Å². The van der Waals surface area contributed by atoms with Gasteiger partial charge in [-0.25, -0.2) is 4.79 Å². The van der Waals surface area contributed by atoms with E-state index in [0.717, 1.165) is 25.9 Å². The summed E-state index contributed by atoms with van der Waals surface area (Å²) in [7, 11) is 0. The number of hydrogen-bond acceptors (Lipinski definition) is 4. The summed E-state index contributed by atoms with van der Waals surface area (Å²) in [5, 5.41) is 5.74. The number of ether oxygens (including phenoxy) is 2. The smallest absolute Gasteiger partial charge is 0.319 e. The SMILES string of the molecule is O=C(NCCN1CCCc2ccccc21)Nc1ccc2c(c1)OCO2. The van der Waals surface area contributed by atoms with Gasteiger partial charge in [0.2, 0.25) is 6.79 Å². The average molecular weight is 339 g/mol. The van der Waals surface area contributed by atoms with E-state index in [1.807, 2.05) is 0 Å². The van der Waals surface area contributed by atoms with E-state index in [0.29, 0.717) is 23.7 Å². The molecule has 0 fully saturated rings. The lowest BCUT2D eigenvalue weighted by atomic mass is 10.0. The van der Waals surface area contributed by atoms with Crippen molar-refractivity contribution < 1.29 is 14.3 Å². The first-order valence-electron chi connectivity index (χ1n) is 8.57. The topological polar surface area (TPSA) is 62.8 Å². The van der Waals surface area contributed by atoms with Crippen molar-refractivity contribution in [3.63, 3.8) is 0 Å². The summed E-state index contributed by atoms with van der Waals surface area (Å²) < 4.78 is 10.6. The highest BCUT2D eigenvalue weighted by atomic mass is 16.7.